The van der Waals surface area contributed by atoms with Gasteiger partial charge in [-0.3, -0.25) is 4.57 Å². The Bertz CT molecular complexity index is 601. The van der Waals surface area contributed by atoms with E-state index >= 15 is 0 Å². The SMILES string of the molecule is CC(C)c1c[nH]c(=S)n1-c1ccc(Cl)cc1F. The first-order valence-electron chi connectivity index (χ1n) is 5.26. The summed E-state index contributed by atoms with van der Waals surface area (Å²) >= 11 is 10.9. The van der Waals surface area contributed by atoms with Gasteiger partial charge in [0.1, 0.15) is 5.82 Å². The van der Waals surface area contributed by atoms with Gasteiger partial charge in [-0.1, -0.05) is 25.4 Å². The van der Waals surface area contributed by atoms with Crippen LogP contribution in [-0.4, -0.2) is 9.55 Å². The van der Waals surface area contributed by atoms with E-state index in [9.17, 15) is 4.39 Å². The third-order valence-electron chi connectivity index (χ3n) is 2.55. The van der Waals surface area contributed by atoms with Crippen LogP contribution >= 0.6 is 23.8 Å². The Morgan fingerprint density at radius 2 is 2.12 bits per heavy atom. The molecule has 17 heavy (non-hydrogen) atoms. The van der Waals surface area contributed by atoms with Crippen LogP contribution in [0.3, 0.4) is 0 Å². The predicted molar refractivity (Wildman–Crippen MR) is 70.0 cm³/mol. The zero-order valence-electron chi connectivity index (χ0n) is 9.50. The summed E-state index contributed by atoms with van der Waals surface area (Å²) in [6.45, 7) is 4.06. The molecule has 0 atom stereocenters. The lowest BCUT2D eigenvalue weighted by Crippen LogP contribution is -2.04. The van der Waals surface area contributed by atoms with E-state index in [1.807, 2.05) is 13.8 Å². The van der Waals surface area contributed by atoms with Crippen LogP contribution in [0, 0.1) is 10.6 Å². The Kier molecular flexibility index (Phi) is 3.35. The molecule has 2 rings (SSSR count). The number of rotatable bonds is 2. The topological polar surface area (TPSA) is 20.7 Å². The van der Waals surface area contributed by atoms with Crippen LogP contribution in [0.25, 0.3) is 5.69 Å². The largest absolute Gasteiger partial charge is 0.337 e. The maximum absolute atomic E-state index is 13.9. The van der Waals surface area contributed by atoms with Crippen molar-refractivity contribution in [3.8, 4) is 5.69 Å². The van der Waals surface area contributed by atoms with Crippen molar-refractivity contribution >= 4 is 23.8 Å². The molecular weight excluding hydrogens is 259 g/mol. The fourth-order valence-corrected chi connectivity index (χ4v) is 2.14. The van der Waals surface area contributed by atoms with Crippen LogP contribution in [0.1, 0.15) is 25.5 Å². The van der Waals surface area contributed by atoms with Gasteiger partial charge in [-0.05, 0) is 36.3 Å². The number of hydrogen-bond donors (Lipinski definition) is 1. The summed E-state index contributed by atoms with van der Waals surface area (Å²) in [6, 6.07) is 4.57. The molecular formula is C12H12ClFN2S. The second kappa shape index (κ2) is 4.63. The first-order valence-corrected chi connectivity index (χ1v) is 6.05. The summed E-state index contributed by atoms with van der Waals surface area (Å²) < 4.78 is 16.1. The van der Waals surface area contributed by atoms with E-state index in [4.69, 9.17) is 23.8 Å². The molecule has 0 bridgehead atoms. The molecule has 0 saturated carbocycles. The summed E-state index contributed by atoms with van der Waals surface area (Å²) in [5.74, 6) is -0.131. The number of nitrogens with zero attached hydrogens (tertiary/aromatic N) is 1. The number of aromatic amines is 1. The fraction of sp³-hybridized carbons (Fsp3) is 0.250. The van der Waals surface area contributed by atoms with Gasteiger partial charge in [0.2, 0.25) is 0 Å². The van der Waals surface area contributed by atoms with E-state index in [1.54, 1.807) is 22.9 Å². The van der Waals surface area contributed by atoms with Crippen LogP contribution in [0.5, 0.6) is 0 Å². The lowest BCUT2D eigenvalue weighted by Gasteiger charge is -2.11. The smallest absolute Gasteiger partial charge is 0.182 e. The van der Waals surface area contributed by atoms with Gasteiger partial charge < -0.3 is 4.98 Å². The minimum absolute atomic E-state index is 0.248. The highest BCUT2D eigenvalue weighted by Gasteiger charge is 2.13. The molecule has 1 N–H and O–H groups in total. The van der Waals surface area contributed by atoms with Crippen LogP contribution in [0.2, 0.25) is 5.02 Å². The predicted octanol–water partition coefficient (Wildman–Crippen LogP) is 4.45. The molecule has 5 heteroatoms. The molecule has 0 amide bonds. The molecule has 0 aliphatic heterocycles. The summed E-state index contributed by atoms with van der Waals surface area (Å²) in [5.41, 5.74) is 1.36. The van der Waals surface area contributed by atoms with E-state index in [0.717, 1.165) is 5.69 Å². The Hall–Kier alpha value is -1.13. The molecule has 2 nitrogen and oxygen atoms in total. The molecule has 0 aliphatic rings. The zero-order chi connectivity index (χ0) is 12.6. The normalized spacial score (nSPS) is 11.1. The highest BCUT2D eigenvalue weighted by molar-refractivity contribution is 7.71. The Morgan fingerprint density at radius 3 is 2.71 bits per heavy atom. The van der Waals surface area contributed by atoms with Crippen molar-refractivity contribution in [3.05, 3.63) is 45.7 Å². The first kappa shape index (κ1) is 12.3. The van der Waals surface area contributed by atoms with Crippen molar-refractivity contribution in [1.82, 2.24) is 9.55 Å². The van der Waals surface area contributed by atoms with Gasteiger partial charge >= 0.3 is 0 Å². The highest BCUT2D eigenvalue weighted by Crippen LogP contribution is 2.23. The molecule has 1 heterocycles. The molecule has 0 radical (unpaired) electrons. The van der Waals surface area contributed by atoms with Gasteiger partial charge in [0.15, 0.2) is 4.77 Å². The number of benzene rings is 1. The Balaban J connectivity index is 2.68. The average Bonchev–Trinajstić information content (AvgIpc) is 2.60. The quantitative estimate of drug-likeness (QED) is 0.800. The maximum atomic E-state index is 13.9. The van der Waals surface area contributed by atoms with E-state index in [-0.39, 0.29) is 11.7 Å². The molecule has 1 aromatic heterocycles. The zero-order valence-corrected chi connectivity index (χ0v) is 11.1. The van der Waals surface area contributed by atoms with Crippen molar-refractivity contribution in [1.29, 1.82) is 0 Å². The molecule has 1 aromatic carbocycles. The second-order valence-corrected chi connectivity index (χ2v) is 4.93. The number of nitrogens with one attached hydrogen (secondary N) is 1. The van der Waals surface area contributed by atoms with Gasteiger partial charge in [-0.25, -0.2) is 4.39 Å². The van der Waals surface area contributed by atoms with E-state index in [0.29, 0.717) is 15.5 Å². The molecule has 2 aromatic rings. The summed E-state index contributed by atoms with van der Waals surface area (Å²) in [4.78, 5) is 2.94. The fourth-order valence-electron chi connectivity index (χ4n) is 1.72. The molecule has 90 valence electrons. The van der Waals surface area contributed by atoms with Crippen molar-refractivity contribution in [2.75, 3.05) is 0 Å². The van der Waals surface area contributed by atoms with E-state index < -0.39 is 0 Å². The standard InChI is InChI=1S/C12H12ClFN2S/c1-7(2)11-6-15-12(17)16(11)10-4-3-8(13)5-9(10)14/h3-7H,1-2H3,(H,15,17). The first-order chi connectivity index (χ1) is 8.00. The van der Waals surface area contributed by atoms with Gasteiger partial charge in [0, 0.05) is 16.9 Å². The third kappa shape index (κ3) is 2.28. The molecule has 0 unspecified atom stereocenters. The van der Waals surface area contributed by atoms with Crippen LogP contribution in [0.15, 0.2) is 24.4 Å². The summed E-state index contributed by atoms with van der Waals surface area (Å²) in [6.07, 6.45) is 1.81. The lowest BCUT2D eigenvalue weighted by molar-refractivity contribution is 0.612. The molecule has 0 aliphatic carbocycles. The van der Waals surface area contributed by atoms with E-state index in [1.165, 1.54) is 6.07 Å². The van der Waals surface area contributed by atoms with Crippen molar-refractivity contribution in [2.45, 2.75) is 19.8 Å². The minimum Gasteiger partial charge on any atom is -0.337 e. The van der Waals surface area contributed by atoms with Gasteiger partial charge in [0.25, 0.3) is 0 Å². The number of aromatic nitrogens is 2. The average molecular weight is 271 g/mol. The van der Waals surface area contributed by atoms with E-state index in [2.05, 4.69) is 4.98 Å². The number of imidazole rings is 1. The summed E-state index contributed by atoms with van der Waals surface area (Å²) in [5, 5.41) is 0.374. The monoisotopic (exact) mass is 270 g/mol. The summed E-state index contributed by atoms with van der Waals surface area (Å²) in [7, 11) is 0. The Morgan fingerprint density at radius 1 is 1.41 bits per heavy atom. The lowest BCUT2D eigenvalue weighted by atomic mass is 10.1. The van der Waals surface area contributed by atoms with Crippen LogP contribution in [0.4, 0.5) is 4.39 Å². The second-order valence-electron chi connectivity index (χ2n) is 4.10. The van der Waals surface area contributed by atoms with Gasteiger partial charge in [-0.2, -0.15) is 0 Å². The maximum Gasteiger partial charge on any atom is 0.182 e. The highest BCUT2D eigenvalue weighted by atomic mass is 35.5. The van der Waals surface area contributed by atoms with Crippen molar-refractivity contribution in [3.63, 3.8) is 0 Å². The van der Waals surface area contributed by atoms with Crippen molar-refractivity contribution in [2.24, 2.45) is 0 Å². The van der Waals surface area contributed by atoms with Crippen LogP contribution < -0.4 is 0 Å². The number of H-pyrrole nitrogens is 1. The number of halogens is 2. The van der Waals surface area contributed by atoms with Gasteiger partial charge in [0.05, 0.1) is 5.69 Å². The van der Waals surface area contributed by atoms with Gasteiger partial charge in [-0.15, -0.1) is 0 Å². The number of hydrogen-bond acceptors (Lipinski definition) is 1. The van der Waals surface area contributed by atoms with Crippen molar-refractivity contribution < 1.29 is 4.39 Å². The molecule has 0 saturated heterocycles. The minimum atomic E-state index is -0.380. The Labute approximate surface area is 109 Å². The molecule has 0 fully saturated rings. The third-order valence-corrected chi connectivity index (χ3v) is 3.08. The molecule has 0 spiro atoms. The van der Waals surface area contributed by atoms with Crippen LogP contribution in [-0.2, 0) is 0 Å².